The summed E-state index contributed by atoms with van der Waals surface area (Å²) in [4.78, 5) is 6.71. The van der Waals surface area contributed by atoms with Gasteiger partial charge in [0.1, 0.15) is 6.61 Å². The Kier molecular flexibility index (Phi) is 7.85. The summed E-state index contributed by atoms with van der Waals surface area (Å²) in [5.74, 6) is 1.51. The lowest BCUT2D eigenvalue weighted by molar-refractivity contribution is -0.173. The van der Waals surface area contributed by atoms with Gasteiger partial charge in [-0.15, -0.1) is 0 Å². The number of piperidine rings is 1. The van der Waals surface area contributed by atoms with Gasteiger partial charge >= 0.3 is 6.18 Å². The average molecular weight is 309 g/mol. The van der Waals surface area contributed by atoms with E-state index in [0.717, 1.165) is 32.0 Å². The fourth-order valence-corrected chi connectivity index (χ4v) is 2.35. The molecule has 0 radical (unpaired) electrons. The van der Waals surface area contributed by atoms with Crippen molar-refractivity contribution in [3.05, 3.63) is 0 Å². The highest BCUT2D eigenvalue weighted by molar-refractivity contribution is 5.80. The van der Waals surface area contributed by atoms with E-state index < -0.39 is 12.8 Å². The van der Waals surface area contributed by atoms with Gasteiger partial charge in [0.2, 0.25) is 0 Å². The molecular formula is C14H26F3N3O. The van der Waals surface area contributed by atoms with Crippen LogP contribution in [0.1, 0.15) is 33.1 Å². The summed E-state index contributed by atoms with van der Waals surface area (Å²) in [6.45, 7) is 6.37. The number of likely N-dealkylation sites (tertiary alicyclic amines) is 1. The van der Waals surface area contributed by atoms with Crippen LogP contribution in [0.4, 0.5) is 13.2 Å². The number of hydrogen-bond acceptors (Lipinski definition) is 2. The molecule has 1 fully saturated rings. The molecule has 1 N–H and O–H groups in total. The standard InChI is InChI=1S/C14H26F3N3O/c1-3-18-13(20-8-4-6-12(2)10-20)19-7-5-9-21-11-14(15,16)17/h12H,3-11H2,1-2H3,(H,18,19). The van der Waals surface area contributed by atoms with Gasteiger partial charge in [-0.05, 0) is 32.1 Å². The lowest BCUT2D eigenvalue weighted by Gasteiger charge is -2.33. The second kappa shape index (κ2) is 9.12. The van der Waals surface area contributed by atoms with Gasteiger partial charge in [0.05, 0.1) is 0 Å². The van der Waals surface area contributed by atoms with E-state index in [1.165, 1.54) is 6.42 Å². The molecular weight excluding hydrogens is 283 g/mol. The van der Waals surface area contributed by atoms with Gasteiger partial charge in [0.15, 0.2) is 5.96 Å². The zero-order chi connectivity index (χ0) is 15.7. The summed E-state index contributed by atoms with van der Waals surface area (Å²) in [6.07, 6.45) is -1.36. The molecule has 0 aromatic rings. The number of nitrogens with zero attached hydrogens (tertiary/aromatic N) is 2. The number of alkyl halides is 3. The predicted molar refractivity (Wildman–Crippen MR) is 77.4 cm³/mol. The van der Waals surface area contributed by atoms with Crippen molar-refractivity contribution in [1.29, 1.82) is 0 Å². The Bertz CT molecular complexity index is 321. The fraction of sp³-hybridized carbons (Fsp3) is 0.929. The molecule has 1 saturated heterocycles. The van der Waals surface area contributed by atoms with Crippen LogP contribution in [0.5, 0.6) is 0 Å². The maximum Gasteiger partial charge on any atom is 0.411 e. The maximum absolute atomic E-state index is 11.9. The van der Waals surface area contributed by atoms with Crippen molar-refractivity contribution in [1.82, 2.24) is 10.2 Å². The van der Waals surface area contributed by atoms with Crippen molar-refractivity contribution in [3.63, 3.8) is 0 Å². The van der Waals surface area contributed by atoms with Crippen molar-refractivity contribution in [3.8, 4) is 0 Å². The van der Waals surface area contributed by atoms with Crippen LogP contribution in [0, 0.1) is 5.92 Å². The van der Waals surface area contributed by atoms with Crippen molar-refractivity contribution in [2.75, 3.05) is 39.4 Å². The minimum Gasteiger partial charge on any atom is -0.372 e. The van der Waals surface area contributed by atoms with Crippen LogP contribution < -0.4 is 5.32 Å². The molecule has 0 spiro atoms. The predicted octanol–water partition coefficient (Wildman–Crippen LogP) is 2.65. The molecule has 1 atom stereocenters. The largest absolute Gasteiger partial charge is 0.411 e. The third kappa shape index (κ3) is 8.14. The summed E-state index contributed by atoms with van der Waals surface area (Å²) >= 11 is 0. The number of nitrogens with one attached hydrogen (secondary N) is 1. The smallest absolute Gasteiger partial charge is 0.372 e. The van der Waals surface area contributed by atoms with Gasteiger partial charge in [-0.1, -0.05) is 6.92 Å². The molecule has 1 aliphatic rings. The first-order chi connectivity index (χ1) is 9.92. The molecule has 1 unspecified atom stereocenters. The van der Waals surface area contributed by atoms with Crippen LogP contribution in [0.3, 0.4) is 0 Å². The van der Waals surface area contributed by atoms with Crippen LogP contribution >= 0.6 is 0 Å². The Morgan fingerprint density at radius 1 is 1.43 bits per heavy atom. The summed E-state index contributed by atoms with van der Waals surface area (Å²) in [5.41, 5.74) is 0. The zero-order valence-corrected chi connectivity index (χ0v) is 12.9. The van der Waals surface area contributed by atoms with E-state index in [1.54, 1.807) is 0 Å². The molecule has 124 valence electrons. The summed E-state index contributed by atoms with van der Waals surface area (Å²) in [5, 5.41) is 3.24. The highest BCUT2D eigenvalue weighted by Crippen LogP contribution is 2.16. The molecule has 0 aromatic carbocycles. The summed E-state index contributed by atoms with van der Waals surface area (Å²) in [6, 6.07) is 0. The molecule has 0 saturated carbocycles. The first-order valence-corrected chi connectivity index (χ1v) is 7.60. The normalized spacial score (nSPS) is 20.7. The Balaban J connectivity index is 2.31. The second-order valence-electron chi connectivity index (χ2n) is 5.45. The highest BCUT2D eigenvalue weighted by atomic mass is 19.4. The fourth-order valence-electron chi connectivity index (χ4n) is 2.35. The Morgan fingerprint density at radius 3 is 2.81 bits per heavy atom. The third-order valence-corrected chi connectivity index (χ3v) is 3.27. The van der Waals surface area contributed by atoms with Gasteiger partial charge in [-0.3, -0.25) is 4.99 Å². The lowest BCUT2D eigenvalue weighted by atomic mass is 10.0. The average Bonchev–Trinajstić information content (AvgIpc) is 2.40. The molecule has 1 aliphatic heterocycles. The minimum absolute atomic E-state index is 0.0822. The van der Waals surface area contributed by atoms with Gasteiger partial charge in [0, 0.05) is 32.8 Å². The van der Waals surface area contributed by atoms with Gasteiger partial charge in [-0.2, -0.15) is 13.2 Å². The van der Waals surface area contributed by atoms with E-state index in [-0.39, 0.29) is 6.61 Å². The monoisotopic (exact) mass is 309 g/mol. The molecule has 7 heteroatoms. The third-order valence-electron chi connectivity index (χ3n) is 3.27. The quantitative estimate of drug-likeness (QED) is 0.465. The van der Waals surface area contributed by atoms with Crippen LogP contribution in [0.15, 0.2) is 4.99 Å². The number of ether oxygens (including phenoxy) is 1. The van der Waals surface area contributed by atoms with E-state index in [9.17, 15) is 13.2 Å². The Hall–Kier alpha value is -0.980. The summed E-state index contributed by atoms with van der Waals surface area (Å²) in [7, 11) is 0. The zero-order valence-electron chi connectivity index (χ0n) is 12.9. The number of rotatable bonds is 6. The lowest BCUT2D eigenvalue weighted by Crippen LogP contribution is -2.46. The number of hydrogen-bond donors (Lipinski definition) is 1. The van der Waals surface area contributed by atoms with E-state index in [4.69, 9.17) is 0 Å². The van der Waals surface area contributed by atoms with Gasteiger partial charge in [-0.25, -0.2) is 0 Å². The van der Waals surface area contributed by atoms with Crippen LogP contribution in [-0.4, -0.2) is 56.4 Å². The van der Waals surface area contributed by atoms with E-state index in [2.05, 4.69) is 26.9 Å². The van der Waals surface area contributed by atoms with Crippen molar-refractivity contribution >= 4 is 5.96 Å². The SMILES string of the molecule is CCNC(=NCCCOCC(F)(F)F)N1CCCC(C)C1. The minimum atomic E-state index is -4.25. The first-order valence-electron chi connectivity index (χ1n) is 7.60. The molecule has 0 aromatic heterocycles. The number of guanidine groups is 1. The number of halogens is 3. The van der Waals surface area contributed by atoms with Crippen molar-refractivity contribution in [2.24, 2.45) is 10.9 Å². The van der Waals surface area contributed by atoms with Crippen LogP contribution in [-0.2, 0) is 4.74 Å². The first kappa shape index (κ1) is 18.1. The second-order valence-corrected chi connectivity index (χ2v) is 5.45. The molecule has 1 rings (SSSR count). The van der Waals surface area contributed by atoms with E-state index >= 15 is 0 Å². The van der Waals surface area contributed by atoms with Crippen molar-refractivity contribution < 1.29 is 17.9 Å². The van der Waals surface area contributed by atoms with Gasteiger partial charge in [0.25, 0.3) is 0 Å². The number of aliphatic imine (C=N–C) groups is 1. The van der Waals surface area contributed by atoms with E-state index in [0.29, 0.717) is 18.9 Å². The van der Waals surface area contributed by atoms with E-state index in [1.807, 2.05) is 6.92 Å². The molecule has 4 nitrogen and oxygen atoms in total. The van der Waals surface area contributed by atoms with Crippen LogP contribution in [0.25, 0.3) is 0 Å². The topological polar surface area (TPSA) is 36.9 Å². The molecule has 21 heavy (non-hydrogen) atoms. The molecule has 0 amide bonds. The molecule has 1 heterocycles. The Morgan fingerprint density at radius 2 is 2.19 bits per heavy atom. The molecule has 0 aliphatic carbocycles. The van der Waals surface area contributed by atoms with Crippen LogP contribution in [0.2, 0.25) is 0 Å². The van der Waals surface area contributed by atoms with Gasteiger partial charge < -0.3 is 15.0 Å². The highest BCUT2D eigenvalue weighted by Gasteiger charge is 2.27. The van der Waals surface area contributed by atoms with Crippen molar-refractivity contribution in [2.45, 2.75) is 39.3 Å². The Labute approximate surface area is 124 Å². The maximum atomic E-state index is 11.9. The summed E-state index contributed by atoms with van der Waals surface area (Å²) < 4.78 is 40.3. The molecule has 0 bridgehead atoms.